The molecule has 3 heteroatoms. The number of hydrogen-bond donors (Lipinski definition) is 1. The van der Waals surface area contributed by atoms with E-state index >= 15 is 0 Å². The zero-order valence-corrected chi connectivity index (χ0v) is 17.8. The summed E-state index contributed by atoms with van der Waals surface area (Å²) in [6, 6.07) is 6.99. The first-order valence-corrected chi connectivity index (χ1v) is 9.62. The van der Waals surface area contributed by atoms with Gasteiger partial charge in [-0.2, -0.15) is 0 Å². The number of ether oxygens (including phenoxy) is 1. The van der Waals surface area contributed by atoms with Gasteiger partial charge in [-0.25, -0.2) is 0 Å². The fourth-order valence-corrected chi connectivity index (χ4v) is 3.65. The normalized spacial score (nSPS) is 16.3. The molecule has 2 nitrogen and oxygen atoms in total. The molecule has 1 aliphatic rings. The van der Waals surface area contributed by atoms with Crippen LogP contribution in [0.4, 0.5) is 0 Å². The Balaban J connectivity index is 0.00000312. The maximum Gasteiger partial charge on any atom is 0.122 e. The Hall–Kier alpha value is -0.730. The van der Waals surface area contributed by atoms with Crippen molar-refractivity contribution in [2.24, 2.45) is 17.1 Å². The van der Waals surface area contributed by atoms with Crippen LogP contribution in [0.5, 0.6) is 5.75 Å². The van der Waals surface area contributed by atoms with Gasteiger partial charge in [0, 0.05) is 6.04 Å². The van der Waals surface area contributed by atoms with Crippen LogP contribution >= 0.6 is 12.4 Å². The Morgan fingerprint density at radius 3 is 2.32 bits per heavy atom. The maximum absolute atomic E-state index is 6.25. The summed E-state index contributed by atoms with van der Waals surface area (Å²) < 4.78 is 6.12. The van der Waals surface area contributed by atoms with Crippen LogP contribution in [0, 0.1) is 11.3 Å². The van der Waals surface area contributed by atoms with Gasteiger partial charge in [-0.05, 0) is 66.0 Å². The van der Waals surface area contributed by atoms with E-state index in [1.54, 1.807) is 0 Å². The third-order valence-corrected chi connectivity index (χ3v) is 4.99. The van der Waals surface area contributed by atoms with Gasteiger partial charge >= 0.3 is 0 Å². The monoisotopic (exact) mass is 367 g/mol. The Morgan fingerprint density at radius 1 is 1.16 bits per heavy atom. The lowest BCUT2D eigenvalue weighted by atomic mass is 9.72. The summed E-state index contributed by atoms with van der Waals surface area (Å²) in [4.78, 5) is 0. The van der Waals surface area contributed by atoms with E-state index in [0.717, 1.165) is 37.5 Å². The molecule has 1 fully saturated rings. The zero-order chi connectivity index (χ0) is 18.0. The molecule has 2 rings (SSSR count). The summed E-state index contributed by atoms with van der Waals surface area (Å²) in [7, 11) is 0. The lowest BCUT2D eigenvalue weighted by molar-refractivity contribution is 0.282. The van der Waals surface area contributed by atoms with Gasteiger partial charge in [0.2, 0.25) is 0 Å². The van der Waals surface area contributed by atoms with Crippen molar-refractivity contribution in [1.29, 1.82) is 0 Å². The highest BCUT2D eigenvalue weighted by molar-refractivity contribution is 5.85. The first-order chi connectivity index (χ1) is 11.1. The van der Waals surface area contributed by atoms with Crippen molar-refractivity contribution in [2.75, 3.05) is 6.61 Å². The smallest absolute Gasteiger partial charge is 0.122 e. The SMILES string of the molecule is CCC(N)Cc1cc(C(C)(C)CC(C)(C)C)ccc1OCC1CC1.Cl. The lowest BCUT2D eigenvalue weighted by Crippen LogP contribution is -2.26. The predicted octanol–water partition coefficient (Wildman–Crippen LogP) is 5.89. The Morgan fingerprint density at radius 2 is 1.80 bits per heavy atom. The summed E-state index contributed by atoms with van der Waals surface area (Å²) in [6.45, 7) is 14.7. The van der Waals surface area contributed by atoms with Crippen molar-refractivity contribution in [1.82, 2.24) is 0 Å². The molecular weight excluding hydrogens is 330 g/mol. The van der Waals surface area contributed by atoms with E-state index < -0.39 is 0 Å². The maximum atomic E-state index is 6.25. The van der Waals surface area contributed by atoms with Crippen LogP contribution in [0.15, 0.2) is 18.2 Å². The molecule has 2 N–H and O–H groups in total. The molecule has 0 heterocycles. The second kappa shape index (κ2) is 8.77. The standard InChI is InChI=1S/C22H37NO.ClH/c1-7-19(23)13-17-12-18(22(5,6)15-21(2,3)4)10-11-20(17)24-14-16-8-9-16;/h10-12,16,19H,7-9,13-15,23H2,1-6H3;1H. The van der Waals surface area contributed by atoms with Crippen LogP contribution in [-0.2, 0) is 11.8 Å². The fraction of sp³-hybridized carbons (Fsp3) is 0.727. The van der Waals surface area contributed by atoms with E-state index in [1.165, 1.54) is 24.0 Å². The molecular formula is C22H38ClNO. The predicted molar refractivity (Wildman–Crippen MR) is 111 cm³/mol. The zero-order valence-electron chi connectivity index (χ0n) is 17.0. The van der Waals surface area contributed by atoms with Gasteiger partial charge in [0.25, 0.3) is 0 Å². The van der Waals surface area contributed by atoms with Crippen LogP contribution in [0.2, 0.25) is 0 Å². The summed E-state index contributed by atoms with van der Waals surface area (Å²) in [5.41, 5.74) is 9.39. The highest BCUT2D eigenvalue weighted by Gasteiger charge is 2.28. The van der Waals surface area contributed by atoms with Crippen LogP contribution < -0.4 is 10.5 Å². The Labute approximate surface area is 161 Å². The third kappa shape index (κ3) is 7.19. The number of rotatable bonds is 8. The minimum absolute atomic E-state index is 0. The third-order valence-electron chi connectivity index (χ3n) is 4.99. The van der Waals surface area contributed by atoms with Crippen LogP contribution in [0.1, 0.15) is 78.4 Å². The van der Waals surface area contributed by atoms with Crippen molar-refractivity contribution in [3.05, 3.63) is 29.3 Å². The molecule has 0 spiro atoms. The van der Waals surface area contributed by atoms with Crippen molar-refractivity contribution in [3.8, 4) is 5.75 Å². The Kier molecular flexibility index (Phi) is 7.83. The van der Waals surface area contributed by atoms with E-state index in [9.17, 15) is 0 Å². The minimum Gasteiger partial charge on any atom is -0.493 e. The largest absolute Gasteiger partial charge is 0.493 e. The van der Waals surface area contributed by atoms with Crippen molar-refractivity contribution >= 4 is 12.4 Å². The average molecular weight is 368 g/mol. The van der Waals surface area contributed by atoms with Gasteiger partial charge < -0.3 is 10.5 Å². The molecule has 0 aromatic heterocycles. The molecule has 1 aromatic rings. The molecule has 1 saturated carbocycles. The first-order valence-electron chi connectivity index (χ1n) is 9.62. The van der Waals surface area contributed by atoms with E-state index in [2.05, 4.69) is 59.7 Å². The second-order valence-electron chi connectivity index (χ2n) is 9.57. The summed E-state index contributed by atoms with van der Waals surface area (Å²) in [5.74, 6) is 1.82. The summed E-state index contributed by atoms with van der Waals surface area (Å²) in [6.07, 6.45) is 5.69. The van der Waals surface area contributed by atoms with E-state index in [4.69, 9.17) is 10.5 Å². The van der Waals surface area contributed by atoms with Gasteiger partial charge in [0.1, 0.15) is 5.75 Å². The summed E-state index contributed by atoms with van der Waals surface area (Å²) >= 11 is 0. The molecule has 1 aromatic carbocycles. The number of halogens is 1. The van der Waals surface area contributed by atoms with Gasteiger partial charge in [-0.3, -0.25) is 0 Å². The van der Waals surface area contributed by atoms with Crippen LogP contribution in [-0.4, -0.2) is 12.6 Å². The first kappa shape index (κ1) is 22.3. The van der Waals surface area contributed by atoms with Gasteiger partial charge in [0.05, 0.1) is 6.61 Å². The minimum atomic E-state index is 0. The number of benzene rings is 1. The lowest BCUT2D eigenvalue weighted by Gasteiger charge is -2.33. The fourth-order valence-electron chi connectivity index (χ4n) is 3.65. The van der Waals surface area contributed by atoms with E-state index in [0.29, 0.717) is 5.41 Å². The second-order valence-corrected chi connectivity index (χ2v) is 9.57. The molecule has 25 heavy (non-hydrogen) atoms. The molecule has 1 atom stereocenters. The van der Waals surface area contributed by atoms with Gasteiger partial charge in [0.15, 0.2) is 0 Å². The highest BCUT2D eigenvalue weighted by atomic mass is 35.5. The number of nitrogens with two attached hydrogens (primary N) is 1. The molecule has 144 valence electrons. The van der Waals surface area contributed by atoms with Gasteiger partial charge in [-0.15, -0.1) is 12.4 Å². The average Bonchev–Trinajstić information content (AvgIpc) is 3.27. The molecule has 0 bridgehead atoms. The van der Waals surface area contributed by atoms with Crippen molar-refractivity contribution < 1.29 is 4.74 Å². The molecule has 1 aliphatic carbocycles. The highest BCUT2D eigenvalue weighted by Crippen LogP contribution is 2.38. The van der Waals surface area contributed by atoms with E-state index in [-0.39, 0.29) is 23.9 Å². The summed E-state index contributed by atoms with van der Waals surface area (Å²) in [5, 5.41) is 0. The topological polar surface area (TPSA) is 35.2 Å². The quantitative estimate of drug-likeness (QED) is 0.621. The Bertz CT molecular complexity index is 543. The number of hydrogen-bond acceptors (Lipinski definition) is 2. The van der Waals surface area contributed by atoms with Crippen LogP contribution in [0.25, 0.3) is 0 Å². The molecule has 1 unspecified atom stereocenters. The molecule has 0 radical (unpaired) electrons. The van der Waals surface area contributed by atoms with Crippen molar-refractivity contribution in [2.45, 2.75) is 85.1 Å². The van der Waals surface area contributed by atoms with Gasteiger partial charge in [-0.1, -0.05) is 53.7 Å². The van der Waals surface area contributed by atoms with E-state index in [1.807, 2.05) is 0 Å². The molecule has 0 saturated heterocycles. The van der Waals surface area contributed by atoms with Crippen molar-refractivity contribution in [3.63, 3.8) is 0 Å². The van der Waals surface area contributed by atoms with Crippen LogP contribution in [0.3, 0.4) is 0 Å². The molecule has 0 aliphatic heterocycles. The molecule has 0 amide bonds.